The molecule has 3 heteroatoms. The first-order valence-electron chi connectivity index (χ1n) is 6.59. The molecular formula is C16H17NO2. The first-order valence-corrected chi connectivity index (χ1v) is 6.59. The number of Topliss-reactive ketones (excluding diaryl/α,β-unsaturated/α-hetero) is 1. The highest BCUT2D eigenvalue weighted by atomic mass is 16.5. The summed E-state index contributed by atoms with van der Waals surface area (Å²) in [5.41, 5.74) is 4.26. The average Bonchev–Trinajstić information content (AvgIpc) is 2.77. The van der Waals surface area contributed by atoms with Crippen molar-refractivity contribution in [3.63, 3.8) is 0 Å². The zero-order chi connectivity index (χ0) is 13.4. The summed E-state index contributed by atoms with van der Waals surface area (Å²) in [5.74, 6) is 1.12. The van der Waals surface area contributed by atoms with Gasteiger partial charge in [0.25, 0.3) is 0 Å². The maximum Gasteiger partial charge on any atom is 0.164 e. The van der Waals surface area contributed by atoms with E-state index in [-0.39, 0.29) is 5.78 Å². The molecule has 2 aromatic rings. The van der Waals surface area contributed by atoms with Gasteiger partial charge in [-0.25, -0.2) is 0 Å². The fraction of sp³-hybridized carbons (Fsp3) is 0.312. The van der Waals surface area contributed by atoms with Crippen LogP contribution in [-0.2, 0) is 6.42 Å². The molecule has 0 fully saturated rings. The number of carbonyl (C=O) groups is 1. The third-order valence-electron chi connectivity index (χ3n) is 3.74. The Bertz CT molecular complexity index is 623. The molecule has 0 radical (unpaired) electrons. The largest absolute Gasteiger partial charge is 0.497 e. The monoisotopic (exact) mass is 255 g/mol. The van der Waals surface area contributed by atoms with E-state index in [2.05, 4.69) is 11.5 Å². The van der Waals surface area contributed by atoms with Crippen molar-refractivity contribution in [2.45, 2.75) is 26.2 Å². The molecule has 0 amide bonds. The highest BCUT2D eigenvalue weighted by molar-refractivity contribution is 5.98. The van der Waals surface area contributed by atoms with Crippen molar-refractivity contribution < 1.29 is 9.53 Å². The molecule has 1 aromatic heterocycles. The molecule has 1 aliphatic rings. The minimum Gasteiger partial charge on any atom is -0.497 e. The van der Waals surface area contributed by atoms with Crippen molar-refractivity contribution in [1.29, 1.82) is 0 Å². The Morgan fingerprint density at radius 1 is 1.16 bits per heavy atom. The molecule has 1 heterocycles. The summed E-state index contributed by atoms with van der Waals surface area (Å²) in [6.07, 6.45) is 2.60. The Morgan fingerprint density at radius 3 is 2.58 bits per heavy atom. The van der Waals surface area contributed by atoms with Crippen LogP contribution in [0.15, 0.2) is 30.3 Å². The topological polar surface area (TPSA) is 31.2 Å². The first-order chi connectivity index (χ1) is 9.20. The zero-order valence-corrected chi connectivity index (χ0v) is 11.3. The number of hydrogen-bond acceptors (Lipinski definition) is 2. The number of hydrogen-bond donors (Lipinski definition) is 0. The number of aromatic nitrogens is 1. The predicted molar refractivity (Wildman–Crippen MR) is 74.3 cm³/mol. The van der Waals surface area contributed by atoms with Crippen LogP contribution in [0.25, 0.3) is 5.69 Å². The van der Waals surface area contributed by atoms with Gasteiger partial charge in [-0.3, -0.25) is 4.79 Å². The Hall–Kier alpha value is -2.03. The van der Waals surface area contributed by atoms with Crippen LogP contribution < -0.4 is 4.74 Å². The quantitative estimate of drug-likeness (QED) is 0.824. The van der Waals surface area contributed by atoms with Crippen LogP contribution in [-0.4, -0.2) is 17.5 Å². The number of methoxy groups -OCH3 is 1. The molecule has 0 aliphatic heterocycles. The van der Waals surface area contributed by atoms with Crippen molar-refractivity contribution in [2.75, 3.05) is 7.11 Å². The number of ether oxygens (including phenoxy) is 1. The summed E-state index contributed by atoms with van der Waals surface area (Å²) in [7, 11) is 1.66. The van der Waals surface area contributed by atoms with Gasteiger partial charge in [-0.2, -0.15) is 0 Å². The van der Waals surface area contributed by atoms with Crippen LogP contribution in [0, 0.1) is 6.92 Å². The lowest BCUT2D eigenvalue weighted by Gasteiger charge is -2.16. The molecule has 1 aliphatic carbocycles. The summed E-state index contributed by atoms with van der Waals surface area (Å²) in [6.45, 7) is 2.05. The van der Waals surface area contributed by atoms with Gasteiger partial charge in [-0.05, 0) is 50.1 Å². The fourth-order valence-electron chi connectivity index (χ4n) is 2.82. The van der Waals surface area contributed by atoms with E-state index in [0.717, 1.165) is 41.2 Å². The molecule has 0 saturated heterocycles. The fourth-order valence-corrected chi connectivity index (χ4v) is 2.82. The van der Waals surface area contributed by atoms with Gasteiger partial charge in [-0.15, -0.1) is 0 Å². The lowest BCUT2D eigenvalue weighted by atomic mass is 9.96. The Balaban J connectivity index is 2.11. The van der Waals surface area contributed by atoms with Crippen molar-refractivity contribution in [3.05, 3.63) is 47.3 Å². The van der Waals surface area contributed by atoms with Crippen LogP contribution in [0.1, 0.15) is 34.6 Å². The Morgan fingerprint density at radius 2 is 1.89 bits per heavy atom. The van der Waals surface area contributed by atoms with Gasteiger partial charge in [0.15, 0.2) is 5.78 Å². The molecule has 0 saturated carbocycles. The summed E-state index contributed by atoms with van der Waals surface area (Å²) in [6, 6.07) is 9.98. The number of rotatable bonds is 2. The second-order valence-corrected chi connectivity index (χ2v) is 4.96. The minimum atomic E-state index is 0.275. The highest BCUT2D eigenvalue weighted by Crippen LogP contribution is 2.28. The van der Waals surface area contributed by atoms with Gasteiger partial charge in [0.05, 0.1) is 7.11 Å². The third kappa shape index (κ3) is 1.95. The van der Waals surface area contributed by atoms with Gasteiger partial charge >= 0.3 is 0 Å². The van der Waals surface area contributed by atoms with Gasteiger partial charge < -0.3 is 9.30 Å². The molecular weight excluding hydrogens is 238 g/mol. The van der Waals surface area contributed by atoms with E-state index in [4.69, 9.17) is 4.74 Å². The molecule has 3 rings (SSSR count). The molecule has 98 valence electrons. The van der Waals surface area contributed by atoms with E-state index in [1.807, 2.05) is 30.3 Å². The lowest BCUT2D eigenvalue weighted by molar-refractivity contribution is 0.0972. The second-order valence-electron chi connectivity index (χ2n) is 4.96. The molecule has 0 unspecified atom stereocenters. The number of fused-ring (bicyclic) bond motifs is 1. The third-order valence-corrected chi connectivity index (χ3v) is 3.74. The molecule has 0 atom stereocenters. The van der Waals surface area contributed by atoms with Crippen molar-refractivity contribution in [1.82, 2.24) is 4.57 Å². The zero-order valence-electron chi connectivity index (χ0n) is 11.3. The van der Waals surface area contributed by atoms with Gasteiger partial charge in [-0.1, -0.05) is 0 Å². The molecule has 19 heavy (non-hydrogen) atoms. The molecule has 0 N–H and O–H groups in total. The maximum atomic E-state index is 11.9. The van der Waals surface area contributed by atoms with E-state index in [1.165, 1.54) is 0 Å². The summed E-state index contributed by atoms with van der Waals surface area (Å²) >= 11 is 0. The minimum absolute atomic E-state index is 0.275. The standard InChI is InChI=1S/C16H17NO2/c1-11-10-14-15(4-3-5-16(14)18)17(11)12-6-8-13(19-2)9-7-12/h6-10H,3-5H2,1-2H3. The van der Waals surface area contributed by atoms with E-state index in [0.29, 0.717) is 6.42 Å². The van der Waals surface area contributed by atoms with Crippen LogP contribution in [0.4, 0.5) is 0 Å². The number of benzene rings is 1. The van der Waals surface area contributed by atoms with E-state index in [9.17, 15) is 4.79 Å². The van der Waals surface area contributed by atoms with E-state index in [1.54, 1.807) is 7.11 Å². The smallest absolute Gasteiger partial charge is 0.164 e. The van der Waals surface area contributed by atoms with Crippen LogP contribution in [0.2, 0.25) is 0 Å². The van der Waals surface area contributed by atoms with Crippen molar-refractivity contribution in [3.8, 4) is 11.4 Å². The molecule has 1 aromatic carbocycles. The summed E-state index contributed by atoms with van der Waals surface area (Å²) in [4.78, 5) is 11.9. The van der Waals surface area contributed by atoms with Gasteiger partial charge in [0.1, 0.15) is 5.75 Å². The number of carbonyl (C=O) groups excluding carboxylic acids is 1. The SMILES string of the molecule is COc1ccc(-n2c(C)cc3c2CCCC3=O)cc1. The lowest BCUT2D eigenvalue weighted by Crippen LogP contribution is -2.12. The number of ketones is 1. The summed E-state index contributed by atoms with van der Waals surface area (Å²) < 4.78 is 7.37. The first kappa shape index (κ1) is 12.0. The molecule has 0 spiro atoms. The van der Waals surface area contributed by atoms with E-state index >= 15 is 0 Å². The molecule has 3 nitrogen and oxygen atoms in total. The van der Waals surface area contributed by atoms with Crippen molar-refractivity contribution in [2.24, 2.45) is 0 Å². The number of nitrogens with zero attached hydrogens (tertiary/aromatic N) is 1. The van der Waals surface area contributed by atoms with Gasteiger partial charge in [0, 0.05) is 29.1 Å². The Kier molecular flexibility index (Phi) is 2.90. The normalized spacial score (nSPS) is 14.3. The maximum absolute atomic E-state index is 11.9. The average molecular weight is 255 g/mol. The predicted octanol–water partition coefficient (Wildman–Crippen LogP) is 3.31. The second kappa shape index (κ2) is 4.57. The van der Waals surface area contributed by atoms with Crippen molar-refractivity contribution >= 4 is 5.78 Å². The van der Waals surface area contributed by atoms with Crippen LogP contribution in [0.3, 0.4) is 0 Å². The highest BCUT2D eigenvalue weighted by Gasteiger charge is 2.23. The van der Waals surface area contributed by atoms with Crippen LogP contribution >= 0.6 is 0 Å². The Labute approximate surface area is 112 Å². The van der Waals surface area contributed by atoms with E-state index < -0.39 is 0 Å². The summed E-state index contributed by atoms with van der Waals surface area (Å²) in [5, 5.41) is 0. The van der Waals surface area contributed by atoms with Gasteiger partial charge in [0.2, 0.25) is 0 Å². The molecule has 0 bridgehead atoms. The number of aryl methyl sites for hydroxylation is 1. The van der Waals surface area contributed by atoms with Crippen LogP contribution in [0.5, 0.6) is 5.75 Å².